The SMILES string of the molecule is O=C(O)Cc1ccnc(C#Cc2ccc(C(F)(F)F)cc2)c1. The number of rotatable bonds is 2. The number of hydrogen-bond acceptors (Lipinski definition) is 2. The minimum Gasteiger partial charge on any atom is -0.481 e. The molecule has 0 saturated carbocycles. The van der Waals surface area contributed by atoms with Gasteiger partial charge in [-0.2, -0.15) is 13.2 Å². The van der Waals surface area contributed by atoms with E-state index in [2.05, 4.69) is 16.8 Å². The molecule has 2 aromatic rings. The first-order chi connectivity index (χ1) is 10.3. The number of hydrogen-bond donors (Lipinski definition) is 1. The molecule has 1 N–H and O–H groups in total. The molecule has 0 aliphatic rings. The van der Waals surface area contributed by atoms with Crippen molar-refractivity contribution < 1.29 is 23.1 Å². The first-order valence-electron chi connectivity index (χ1n) is 6.20. The Labute approximate surface area is 124 Å². The van der Waals surface area contributed by atoms with Gasteiger partial charge in [-0.1, -0.05) is 5.92 Å². The summed E-state index contributed by atoms with van der Waals surface area (Å²) >= 11 is 0. The van der Waals surface area contributed by atoms with E-state index < -0.39 is 17.7 Å². The van der Waals surface area contributed by atoms with Crippen LogP contribution in [0.25, 0.3) is 0 Å². The van der Waals surface area contributed by atoms with Crippen molar-refractivity contribution in [3.05, 3.63) is 65.0 Å². The van der Waals surface area contributed by atoms with Crippen LogP contribution in [0.2, 0.25) is 0 Å². The first-order valence-corrected chi connectivity index (χ1v) is 6.20. The maximum absolute atomic E-state index is 12.4. The lowest BCUT2D eigenvalue weighted by Gasteiger charge is -2.05. The lowest BCUT2D eigenvalue weighted by molar-refractivity contribution is -0.138. The molecule has 0 atom stereocenters. The summed E-state index contributed by atoms with van der Waals surface area (Å²) in [6.45, 7) is 0. The van der Waals surface area contributed by atoms with Crippen LogP contribution in [0.15, 0.2) is 42.6 Å². The van der Waals surface area contributed by atoms with E-state index >= 15 is 0 Å². The number of halogens is 3. The molecule has 0 spiro atoms. The standard InChI is InChI=1S/C16H10F3NO2/c17-16(18,19)13-4-1-11(2-5-13)3-6-14-9-12(7-8-20-14)10-15(21)22/h1-2,4-5,7-9H,10H2,(H,21,22). The van der Waals surface area contributed by atoms with E-state index in [1.807, 2.05) is 0 Å². The summed E-state index contributed by atoms with van der Waals surface area (Å²) in [5.41, 5.74) is 0.593. The van der Waals surface area contributed by atoms with E-state index in [9.17, 15) is 18.0 Å². The van der Waals surface area contributed by atoms with Crippen molar-refractivity contribution in [1.82, 2.24) is 4.98 Å². The highest BCUT2D eigenvalue weighted by Crippen LogP contribution is 2.28. The van der Waals surface area contributed by atoms with Crippen LogP contribution >= 0.6 is 0 Å². The van der Waals surface area contributed by atoms with Gasteiger partial charge in [-0.25, -0.2) is 4.98 Å². The summed E-state index contributed by atoms with van der Waals surface area (Å²) in [6, 6.07) is 7.56. The van der Waals surface area contributed by atoms with Gasteiger partial charge in [0.2, 0.25) is 0 Å². The van der Waals surface area contributed by atoms with Gasteiger partial charge >= 0.3 is 12.1 Å². The highest BCUT2D eigenvalue weighted by molar-refractivity contribution is 5.70. The molecule has 0 aliphatic heterocycles. The fraction of sp³-hybridized carbons (Fsp3) is 0.125. The molecule has 0 aliphatic carbocycles. The summed E-state index contributed by atoms with van der Waals surface area (Å²) in [5.74, 6) is 4.43. The molecule has 0 unspecified atom stereocenters. The maximum Gasteiger partial charge on any atom is 0.416 e. The average molecular weight is 305 g/mol. The fourth-order valence-corrected chi connectivity index (χ4v) is 1.71. The topological polar surface area (TPSA) is 50.2 Å². The van der Waals surface area contributed by atoms with Gasteiger partial charge in [0.15, 0.2) is 0 Å². The number of carbonyl (C=O) groups is 1. The Morgan fingerprint density at radius 2 is 1.82 bits per heavy atom. The maximum atomic E-state index is 12.4. The second kappa shape index (κ2) is 6.31. The van der Waals surface area contributed by atoms with E-state index in [-0.39, 0.29) is 6.42 Å². The van der Waals surface area contributed by atoms with E-state index in [1.165, 1.54) is 24.4 Å². The molecule has 1 aromatic heterocycles. The first kappa shape index (κ1) is 15.6. The second-order valence-corrected chi connectivity index (χ2v) is 4.44. The van der Waals surface area contributed by atoms with Gasteiger partial charge in [0, 0.05) is 11.8 Å². The van der Waals surface area contributed by atoms with Crippen LogP contribution in [-0.2, 0) is 17.4 Å². The van der Waals surface area contributed by atoms with Gasteiger partial charge in [0.05, 0.1) is 12.0 Å². The summed E-state index contributed by atoms with van der Waals surface area (Å²) in [6.07, 6.45) is -3.08. The van der Waals surface area contributed by atoms with Crippen molar-refractivity contribution in [2.75, 3.05) is 0 Å². The third kappa shape index (κ3) is 4.35. The number of carboxylic acid groups (broad SMARTS) is 1. The number of aliphatic carboxylic acids is 1. The van der Waals surface area contributed by atoms with Crippen LogP contribution in [0.5, 0.6) is 0 Å². The van der Waals surface area contributed by atoms with Crippen LogP contribution in [0.4, 0.5) is 13.2 Å². The van der Waals surface area contributed by atoms with Crippen LogP contribution in [0.3, 0.4) is 0 Å². The minimum atomic E-state index is -4.38. The summed E-state index contributed by atoms with van der Waals surface area (Å²) in [4.78, 5) is 14.6. The molecule has 1 heterocycles. The average Bonchev–Trinajstić information content (AvgIpc) is 2.44. The van der Waals surface area contributed by atoms with Crippen molar-refractivity contribution in [3.63, 3.8) is 0 Å². The van der Waals surface area contributed by atoms with Crippen molar-refractivity contribution in [2.45, 2.75) is 12.6 Å². The van der Waals surface area contributed by atoms with E-state index in [4.69, 9.17) is 5.11 Å². The zero-order chi connectivity index (χ0) is 16.2. The highest BCUT2D eigenvalue weighted by Gasteiger charge is 2.29. The van der Waals surface area contributed by atoms with Crippen molar-refractivity contribution in [1.29, 1.82) is 0 Å². The monoisotopic (exact) mass is 305 g/mol. The Bertz CT molecular complexity index is 740. The smallest absolute Gasteiger partial charge is 0.416 e. The molecular weight excluding hydrogens is 295 g/mol. The third-order valence-electron chi connectivity index (χ3n) is 2.73. The van der Waals surface area contributed by atoms with Crippen LogP contribution in [0, 0.1) is 11.8 Å². The second-order valence-electron chi connectivity index (χ2n) is 4.44. The molecule has 0 amide bonds. The van der Waals surface area contributed by atoms with Gasteiger partial charge in [-0.15, -0.1) is 0 Å². The van der Waals surface area contributed by atoms with Gasteiger partial charge in [0.25, 0.3) is 0 Å². The van der Waals surface area contributed by atoms with Crippen LogP contribution in [-0.4, -0.2) is 16.1 Å². The van der Waals surface area contributed by atoms with Gasteiger partial charge in [-0.3, -0.25) is 4.79 Å². The van der Waals surface area contributed by atoms with Gasteiger partial charge in [-0.05, 0) is 47.9 Å². The molecule has 0 bridgehead atoms. The number of carboxylic acids is 1. The number of aromatic nitrogens is 1. The van der Waals surface area contributed by atoms with Gasteiger partial charge < -0.3 is 5.11 Å². The quantitative estimate of drug-likeness (QED) is 0.867. The molecule has 6 heteroatoms. The number of nitrogens with zero attached hydrogens (tertiary/aromatic N) is 1. The minimum absolute atomic E-state index is 0.141. The largest absolute Gasteiger partial charge is 0.481 e. The molecule has 0 fully saturated rings. The lowest BCUT2D eigenvalue weighted by atomic mass is 10.1. The van der Waals surface area contributed by atoms with E-state index in [0.29, 0.717) is 16.8 Å². The Morgan fingerprint density at radius 1 is 1.14 bits per heavy atom. The fourth-order valence-electron chi connectivity index (χ4n) is 1.71. The van der Waals surface area contributed by atoms with Crippen molar-refractivity contribution in [3.8, 4) is 11.8 Å². The predicted octanol–water partition coefficient (Wildman–Crippen LogP) is 3.13. The molecule has 22 heavy (non-hydrogen) atoms. The molecule has 2 rings (SSSR count). The van der Waals surface area contributed by atoms with Crippen LogP contribution in [0.1, 0.15) is 22.4 Å². The molecular formula is C16H10F3NO2. The Hall–Kier alpha value is -2.81. The van der Waals surface area contributed by atoms with Crippen molar-refractivity contribution in [2.24, 2.45) is 0 Å². The normalized spacial score (nSPS) is 10.7. The van der Waals surface area contributed by atoms with E-state index in [0.717, 1.165) is 12.1 Å². The van der Waals surface area contributed by atoms with E-state index in [1.54, 1.807) is 6.07 Å². The highest BCUT2D eigenvalue weighted by atomic mass is 19.4. The molecule has 0 saturated heterocycles. The number of alkyl halides is 3. The third-order valence-corrected chi connectivity index (χ3v) is 2.73. The van der Waals surface area contributed by atoms with Crippen molar-refractivity contribution >= 4 is 5.97 Å². The molecule has 3 nitrogen and oxygen atoms in total. The van der Waals surface area contributed by atoms with Crippen LogP contribution < -0.4 is 0 Å². The molecule has 1 aromatic carbocycles. The molecule has 0 radical (unpaired) electrons. The summed E-state index contributed by atoms with van der Waals surface area (Å²) < 4.78 is 37.3. The zero-order valence-corrected chi connectivity index (χ0v) is 11.2. The van der Waals surface area contributed by atoms with Gasteiger partial charge in [0.1, 0.15) is 5.69 Å². The lowest BCUT2D eigenvalue weighted by Crippen LogP contribution is -2.04. The predicted molar refractivity (Wildman–Crippen MR) is 73.0 cm³/mol. The summed E-state index contributed by atoms with van der Waals surface area (Å²) in [7, 11) is 0. The zero-order valence-electron chi connectivity index (χ0n) is 11.2. The number of pyridine rings is 1. The Morgan fingerprint density at radius 3 is 2.41 bits per heavy atom. The summed E-state index contributed by atoms with van der Waals surface area (Å²) in [5, 5.41) is 8.71. The Kier molecular flexibility index (Phi) is 4.47. The molecule has 112 valence electrons. The number of benzene rings is 1. The Balaban J connectivity index is 2.18.